The van der Waals surface area contributed by atoms with Crippen LogP contribution in [0.25, 0.3) is 10.9 Å². The SMILES string of the molecule is C#CB(Oc1cccc2cccnc12)c1cc(Cl)cc(Cl)c1. The summed E-state index contributed by atoms with van der Waals surface area (Å²) >= 11 is 12.1. The fourth-order valence-corrected chi connectivity index (χ4v) is 2.77. The molecular formula is C17H10BCl2NO. The van der Waals surface area contributed by atoms with E-state index in [0.717, 1.165) is 16.4 Å². The van der Waals surface area contributed by atoms with Crippen LogP contribution < -0.4 is 10.1 Å². The third-order valence-electron chi connectivity index (χ3n) is 3.18. The molecule has 0 saturated heterocycles. The summed E-state index contributed by atoms with van der Waals surface area (Å²) in [5.74, 6) is 3.24. The van der Waals surface area contributed by atoms with E-state index >= 15 is 0 Å². The molecule has 106 valence electrons. The second-order valence-corrected chi connectivity index (χ2v) is 5.57. The molecule has 0 aliphatic carbocycles. The van der Waals surface area contributed by atoms with Gasteiger partial charge in [0.2, 0.25) is 0 Å². The summed E-state index contributed by atoms with van der Waals surface area (Å²) in [7, 11) is 0. The van der Waals surface area contributed by atoms with Crippen LogP contribution in [0, 0.1) is 12.2 Å². The van der Waals surface area contributed by atoms with Crippen molar-refractivity contribution in [1.29, 1.82) is 0 Å². The van der Waals surface area contributed by atoms with Gasteiger partial charge in [-0.25, -0.2) is 0 Å². The van der Waals surface area contributed by atoms with Crippen molar-refractivity contribution in [2.24, 2.45) is 0 Å². The van der Waals surface area contributed by atoms with Crippen LogP contribution in [0.3, 0.4) is 0 Å². The molecule has 0 spiro atoms. The molecule has 0 aliphatic rings. The quantitative estimate of drug-likeness (QED) is 0.536. The Kier molecular flexibility index (Phi) is 4.24. The van der Waals surface area contributed by atoms with Crippen LogP contribution >= 0.6 is 23.2 Å². The Morgan fingerprint density at radius 3 is 2.50 bits per heavy atom. The fourth-order valence-electron chi connectivity index (χ4n) is 2.22. The van der Waals surface area contributed by atoms with Crippen molar-refractivity contribution < 1.29 is 4.65 Å². The molecule has 0 N–H and O–H groups in total. The maximum absolute atomic E-state index is 6.03. The number of hydrogen-bond donors (Lipinski definition) is 0. The van der Waals surface area contributed by atoms with E-state index in [1.807, 2.05) is 30.3 Å². The molecule has 2 nitrogen and oxygen atoms in total. The molecule has 0 aliphatic heterocycles. The van der Waals surface area contributed by atoms with E-state index in [0.29, 0.717) is 15.8 Å². The molecule has 0 amide bonds. The predicted octanol–water partition coefficient (Wildman–Crippen LogP) is 3.99. The average molecular weight is 326 g/mol. The molecule has 0 atom stereocenters. The Balaban J connectivity index is 2.00. The van der Waals surface area contributed by atoms with Crippen LogP contribution in [0.15, 0.2) is 54.7 Å². The molecule has 5 heteroatoms. The maximum atomic E-state index is 6.03. The first-order chi connectivity index (χ1) is 10.7. The first-order valence-corrected chi connectivity index (χ1v) is 7.35. The second-order valence-electron chi connectivity index (χ2n) is 4.70. The van der Waals surface area contributed by atoms with E-state index in [9.17, 15) is 0 Å². The Bertz CT molecular complexity index is 850. The molecule has 3 aromatic rings. The van der Waals surface area contributed by atoms with E-state index in [1.165, 1.54) is 0 Å². The number of nitrogens with zero attached hydrogens (tertiary/aromatic N) is 1. The van der Waals surface area contributed by atoms with E-state index in [4.69, 9.17) is 34.3 Å². The van der Waals surface area contributed by atoms with Crippen LogP contribution in [0.1, 0.15) is 0 Å². The highest BCUT2D eigenvalue weighted by molar-refractivity contribution is 6.76. The van der Waals surface area contributed by atoms with Gasteiger partial charge >= 0.3 is 6.92 Å². The molecular weight excluding hydrogens is 316 g/mol. The second kappa shape index (κ2) is 6.31. The van der Waals surface area contributed by atoms with Crippen molar-refractivity contribution in [3.05, 3.63) is 64.8 Å². The molecule has 1 aromatic heterocycles. The number of benzene rings is 2. The summed E-state index contributed by atoms with van der Waals surface area (Å²) in [5, 5.41) is 2.02. The summed E-state index contributed by atoms with van der Waals surface area (Å²) in [5.41, 5.74) is 1.49. The van der Waals surface area contributed by atoms with E-state index in [-0.39, 0.29) is 0 Å². The number of fused-ring (bicyclic) bond motifs is 1. The van der Waals surface area contributed by atoms with Crippen LogP contribution in [-0.2, 0) is 0 Å². The van der Waals surface area contributed by atoms with Crippen molar-refractivity contribution in [1.82, 2.24) is 4.98 Å². The number of rotatable bonds is 3. The molecule has 0 fully saturated rings. The average Bonchev–Trinajstić information content (AvgIpc) is 2.51. The zero-order valence-electron chi connectivity index (χ0n) is 11.5. The van der Waals surface area contributed by atoms with Gasteiger partial charge in [0.25, 0.3) is 0 Å². The lowest BCUT2D eigenvalue weighted by atomic mass is 9.62. The number of terminal acetylenes is 1. The zero-order chi connectivity index (χ0) is 15.5. The number of hydrogen-bond acceptors (Lipinski definition) is 2. The van der Waals surface area contributed by atoms with E-state index in [2.05, 4.69) is 10.8 Å². The number of aromatic nitrogens is 1. The first kappa shape index (κ1) is 14.8. The summed E-state index contributed by atoms with van der Waals surface area (Å²) in [6, 6.07) is 14.7. The van der Waals surface area contributed by atoms with Crippen LogP contribution in [-0.4, -0.2) is 11.9 Å². The van der Waals surface area contributed by atoms with Gasteiger partial charge in [0.1, 0.15) is 11.3 Å². The Hall–Kier alpha value is -2.15. The summed E-state index contributed by atoms with van der Waals surface area (Å²) in [6.45, 7) is -0.594. The highest BCUT2D eigenvalue weighted by atomic mass is 35.5. The highest BCUT2D eigenvalue weighted by Crippen LogP contribution is 2.23. The Morgan fingerprint density at radius 2 is 1.77 bits per heavy atom. The summed E-state index contributed by atoms with van der Waals surface area (Å²) in [4.78, 5) is 4.35. The minimum atomic E-state index is -0.594. The van der Waals surface area contributed by atoms with E-state index in [1.54, 1.807) is 24.4 Å². The van der Waals surface area contributed by atoms with Gasteiger partial charge in [0, 0.05) is 21.6 Å². The molecule has 0 unspecified atom stereocenters. The monoisotopic (exact) mass is 325 g/mol. The minimum Gasteiger partial charge on any atom is -0.544 e. The number of halogens is 2. The van der Waals surface area contributed by atoms with Crippen molar-refractivity contribution in [2.45, 2.75) is 0 Å². The van der Waals surface area contributed by atoms with Gasteiger partial charge < -0.3 is 4.65 Å². The van der Waals surface area contributed by atoms with Gasteiger partial charge in [-0.1, -0.05) is 41.4 Å². The Morgan fingerprint density at radius 1 is 1.05 bits per heavy atom. The largest absolute Gasteiger partial charge is 0.544 e. The van der Waals surface area contributed by atoms with Gasteiger partial charge in [-0.15, -0.1) is 12.2 Å². The lowest BCUT2D eigenvalue weighted by Crippen LogP contribution is -2.35. The normalized spacial score (nSPS) is 10.2. The van der Waals surface area contributed by atoms with Gasteiger partial charge in [-0.2, -0.15) is 0 Å². The molecule has 0 bridgehead atoms. The minimum absolute atomic E-state index is 0.516. The molecule has 2 aromatic carbocycles. The first-order valence-electron chi connectivity index (χ1n) is 6.60. The lowest BCUT2D eigenvalue weighted by molar-refractivity contribution is 0.598. The van der Waals surface area contributed by atoms with Crippen LogP contribution in [0.4, 0.5) is 0 Å². The molecule has 22 heavy (non-hydrogen) atoms. The molecule has 1 heterocycles. The van der Waals surface area contributed by atoms with Gasteiger partial charge in [0.15, 0.2) is 0 Å². The van der Waals surface area contributed by atoms with Crippen molar-refractivity contribution in [2.75, 3.05) is 0 Å². The van der Waals surface area contributed by atoms with Gasteiger partial charge in [-0.05, 0) is 35.8 Å². The van der Waals surface area contributed by atoms with Gasteiger partial charge in [0.05, 0.1) is 0 Å². The van der Waals surface area contributed by atoms with Crippen LogP contribution in [0.2, 0.25) is 10.0 Å². The third-order valence-corrected chi connectivity index (χ3v) is 3.62. The molecule has 0 radical (unpaired) electrons. The smallest absolute Gasteiger partial charge is 0.480 e. The van der Waals surface area contributed by atoms with Crippen LogP contribution in [0.5, 0.6) is 5.75 Å². The van der Waals surface area contributed by atoms with Crippen molar-refractivity contribution in [3.8, 4) is 18.0 Å². The summed E-state index contributed by atoms with van der Waals surface area (Å²) < 4.78 is 5.96. The molecule has 3 rings (SSSR count). The maximum Gasteiger partial charge on any atom is 0.480 e. The zero-order valence-corrected chi connectivity index (χ0v) is 13.0. The van der Waals surface area contributed by atoms with E-state index < -0.39 is 6.92 Å². The number of pyridine rings is 1. The predicted molar refractivity (Wildman–Crippen MR) is 93.1 cm³/mol. The third kappa shape index (κ3) is 3.04. The fraction of sp³-hybridized carbons (Fsp3) is 0. The number of para-hydroxylation sites is 1. The lowest BCUT2D eigenvalue weighted by Gasteiger charge is -2.13. The summed E-state index contributed by atoms with van der Waals surface area (Å²) in [6.07, 6.45) is 7.33. The van der Waals surface area contributed by atoms with Crippen molar-refractivity contribution >= 4 is 46.5 Å². The standard InChI is InChI=1S/C17H10BCl2NO/c1-2-18(13-9-14(19)11-15(20)10-13)22-16-7-3-5-12-6-4-8-21-17(12)16/h1,3-11H. The highest BCUT2D eigenvalue weighted by Gasteiger charge is 2.20. The Labute approximate surface area is 139 Å². The molecule has 0 saturated carbocycles. The van der Waals surface area contributed by atoms with Crippen molar-refractivity contribution in [3.63, 3.8) is 0 Å². The van der Waals surface area contributed by atoms with Gasteiger partial charge in [-0.3, -0.25) is 4.98 Å². The topological polar surface area (TPSA) is 22.1 Å².